The normalized spacial score (nSPS) is 11.7. The van der Waals surface area contributed by atoms with Crippen LogP contribution in [0.4, 0.5) is 5.82 Å². The van der Waals surface area contributed by atoms with Gasteiger partial charge < -0.3 is 10.2 Å². The first-order valence-electron chi connectivity index (χ1n) is 7.81. The average Bonchev–Trinajstić information content (AvgIpc) is 2.36. The molecule has 0 atom stereocenters. The molecular formula is C17H31N3. The van der Waals surface area contributed by atoms with Gasteiger partial charge in [-0.3, -0.25) is 0 Å². The topological polar surface area (TPSA) is 28.2 Å². The first kappa shape index (κ1) is 17.0. The maximum absolute atomic E-state index is 4.78. The molecule has 1 aromatic rings. The fourth-order valence-electron chi connectivity index (χ4n) is 2.13. The second kappa shape index (κ2) is 7.63. The van der Waals surface area contributed by atoms with Gasteiger partial charge >= 0.3 is 0 Å². The molecular weight excluding hydrogens is 246 g/mol. The van der Waals surface area contributed by atoms with Crippen LogP contribution in [0.5, 0.6) is 0 Å². The number of nitrogens with zero attached hydrogens (tertiary/aromatic N) is 2. The van der Waals surface area contributed by atoms with Crippen molar-refractivity contribution in [1.82, 2.24) is 10.3 Å². The molecule has 1 N–H and O–H groups in total. The van der Waals surface area contributed by atoms with Gasteiger partial charge in [0.1, 0.15) is 5.82 Å². The van der Waals surface area contributed by atoms with Crippen LogP contribution in [0.15, 0.2) is 12.1 Å². The molecule has 1 aromatic heterocycles. The molecule has 3 nitrogen and oxygen atoms in total. The van der Waals surface area contributed by atoms with Crippen molar-refractivity contribution in [2.75, 3.05) is 18.5 Å². The zero-order valence-electron chi connectivity index (χ0n) is 14.1. The summed E-state index contributed by atoms with van der Waals surface area (Å²) in [5, 5.41) is 3.56. The van der Waals surface area contributed by atoms with Crippen molar-refractivity contribution in [3.8, 4) is 0 Å². The lowest BCUT2D eigenvalue weighted by molar-refractivity contribution is 0.424. The summed E-state index contributed by atoms with van der Waals surface area (Å²) in [5.74, 6) is 1.10. The van der Waals surface area contributed by atoms with Crippen molar-refractivity contribution < 1.29 is 0 Å². The Morgan fingerprint density at radius 1 is 1.15 bits per heavy atom. The molecule has 0 fully saturated rings. The van der Waals surface area contributed by atoms with E-state index in [1.807, 2.05) is 0 Å². The summed E-state index contributed by atoms with van der Waals surface area (Å²) in [6.45, 7) is 13.0. The standard InChI is InChI=1S/C17H31N3/c1-7-9-15-11-14(13-18-17(3,4)5)12-16(19-15)20(6)10-8-2/h11-12,18H,7-10,13H2,1-6H3. The zero-order valence-corrected chi connectivity index (χ0v) is 14.1. The van der Waals surface area contributed by atoms with Gasteiger partial charge in [-0.25, -0.2) is 4.98 Å². The molecule has 0 amide bonds. The van der Waals surface area contributed by atoms with Gasteiger partial charge in [0.15, 0.2) is 0 Å². The third-order valence-electron chi connectivity index (χ3n) is 3.20. The van der Waals surface area contributed by atoms with Crippen LogP contribution >= 0.6 is 0 Å². The lowest BCUT2D eigenvalue weighted by Gasteiger charge is -2.23. The van der Waals surface area contributed by atoms with Gasteiger partial charge in [0, 0.05) is 31.4 Å². The van der Waals surface area contributed by atoms with Crippen LogP contribution in [-0.2, 0) is 13.0 Å². The number of aromatic nitrogens is 1. The number of anilines is 1. The molecule has 0 aliphatic rings. The van der Waals surface area contributed by atoms with Crippen molar-refractivity contribution in [1.29, 1.82) is 0 Å². The van der Waals surface area contributed by atoms with Gasteiger partial charge in [-0.1, -0.05) is 20.3 Å². The molecule has 0 aliphatic heterocycles. The fraction of sp³-hybridized carbons (Fsp3) is 0.706. The molecule has 0 radical (unpaired) electrons. The smallest absolute Gasteiger partial charge is 0.128 e. The zero-order chi connectivity index (χ0) is 15.2. The van der Waals surface area contributed by atoms with E-state index in [0.29, 0.717) is 0 Å². The summed E-state index contributed by atoms with van der Waals surface area (Å²) >= 11 is 0. The first-order valence-corrected chi connectivity index (χ1v) is 7.81. The summed E-state index contributed by atoms with van der Waals surface area (Å²) in [6.07, 6.45) is 3.34. The van der Waals surface area contributed by atoms with Gasteiger partial charge in [0.2, 0.25) is 0 Å². The predicted octanol–water partition coefficient (Wildman–Crippen LogP) is 3.77. The van der Waals surface area contributed by atoms with E-state index in [4.69, 9.17) is 4.98 Å². The Balaban J connectivity index is 2.92. The van der Waals surface area contributed by atoms with Gasteiger partial charge in [0.25, 0.3) is 0 Å². The Labute approximate surface area is 124 Å². The fourth-order valence-corrected chi connectivity index (χ4v) is 2.13. The third-order valence-corrected chi connectivity index (χ3v) is 3.20. The highest BCUT2D eigenvalue weighted by Crippen LogP contribution is 2.16. The highest BCUT2D eigenvalue weighted by molar-refractivity contribution is 5.42. The maximum atomic E-state index is 4.78. The Kier molecular flexibility index (Phi) is 6.47. The SMILES string of the molecule is CCCc1cc(CNC(C)(C)C)cc(N(C)CCC)n1. The molecule has 0 saturated carbocycles. The molecule has 1 heterocycles. The van der Waals surface area contributed by atoms with Crippen molar-refractivity contribution in [2.24, 2.45) is 0 Å². The van der Waals surface area contributed by atoms with Crippen LogP contribution in [0.1, 0.15) is 58.7 Å². The molecule has 0 aliphatic carbocycles. The minimum absolute atomic E-state index is 0.143. The molecule has 114 valence electrons. The van der Waals surface area contributed by atoms with Crippen LogP contribution in [0, 0.1) is 0 Å². The van der Waals surface area contributed by atoms with Crippen molar-refractivity contribution in [3.63, 3.8) is 0 Å². The lowest BCUT2D eigenvalue weighted by Crippen LogP contribution is -2.35. The quantitative estimate of drug-likeness (QED) is 0.822. The van der Waals surface area contributed by atoms with Crippen LogP contribution in [-0.4, -0.2) is 24.1 Å². The van der Waals surface area contributed by atoms with E-state index in [2.05, 4.69) is 64.0 Å². The lowest BCUT2D eigenvalue weighted by atomic mass is 10.1. The van der Waals surface area contributed by atoms with Crippen LogP contribution in [0.2, 0.25) is 0 Å². The molecule has 0 spiro atoms. The summed E-state index contributed by atoms with van der Waals surface area (Å²) in [7, 11) is 2.13. The molecule has 3 heteroatoms. The van der Waals surface area contributed by atoms with Gasteiger partial charge in [-0.2, -0.15) is 0 Å². The number of nitrogens with one attached hydrogen (secondary N) is 1. The largest absolute Gasteiger partial charge is 0.360 e. The molecule has 0 unspecified atom stereocenters. The summed E-state index contributed by atoms with van der Waals surface area (Å²) in [6, 6.07) is 4.46. The third kappa shape index (κ3) is 5.91. The molecule has 0 aromatic carbocycles. The summed E-state index contributed by atoms with van der Waals surface area (Å²) in [5.41, 5.74) is 2.68. The number of rotatable bonds is 7. The number of hydrogen-bond acceptors (Lipinski definition) is 3. The van der Waals surface area contributed by atoms with Crippen LogP contribution in [0.3, 0.4) is 0 Å². The summed E-state index contributed by atoms with van der Waals surface area (Å²) < 4.78 is 0. The maximum Gasteiger partial charge on any atom is 0.128 e. The number of hydrogen-bond donors (Lipinski definition) is 1. The Morgan fingerprint density at radius 3 is 2.40 bits per heavy atom. The molecule has 0 saturated heterocycles. The monoisotopic (exact) mass is 277 g/mol. The van der Waals surface area contributed by atoms with E-state index in [1.54, 1.807) is 0 Å². The molecule has 1 rings (SSSR count). The van der Waals surface area contributed by atoms with E-state index in [9.17, 15) is 0 Å². The van der Waals surface area contributed by atoms with E-state index >= 15 is 0 Å². The Morgan fingerprint density at radius 2 is 1.85 bits per heavy atom. The highest BCUT2D eigenvalue weighted by atomic mass is 15.2. The second-order valence-electron chi connectivity index (χ2n) is 6.60. The van der Waals surface area contributed by atoms with Crippen molar-refractivity contribution >= 4 is 5.82 Å². The van der Waals surface area contributed by atoms with E-state index in [0.717, 1.165) is 38.2 Å². The molecule has 0 bridgehead atoms. The predicted molar refractivity (Wildman–Crippen MR) is 88.4 cm³/mol. The van der Waals surface area contributed by atoms with E-state index < -0.39 is 0 Å². The Hall–Kier alpha value is -1.09. The van der Waals surface area contributed by atoms with Gasteiger partial charge in [-0.05, 0) is 51.3 Å². The minimum atomic E-state index is 0.143. The summed E-state index contributed by atoms with van der Waals surface area (Å²) in [4.78, 5) is 7.03. The number of aryl methyl sites for hydroxylation is 1. The van der Waals surface area contributed by atoms with E-state index in [1.165, 1.54) is 11.3 Å². The van der Waals surface area contributed by atoms with Crippen LogP contribution < -0.4 is 10.2 Å². The first-order chi connectivity index (χ1) is 9.35. The Bertz CT molecular complexity index is 407. The van der Waals surface area contributed by atoms with Gasteiger partial charge in [0.05, 0.1) is 0 Å². The number of pyridine rings is 1. The molecule has 20 heavy (non-hydrogen) atoms. The van der Waals surface area contributed by atoms with Crippen molar-refractivity contribution in [3.05, 3.63) is 23.4 Å². The van der Waals surface area contributed by atoms with Crippen molar-refractivity contribution in [2.45, 2.75) is 66.0 Å². The highest BCUT2D eigenvalue weighted by Gasteiger charge is 2.11. The second-order valence-corrected chi connectivity index (χ2v) is 6.60. The minimum Gasteiger partial charge on any atom is -0.360 e. The average molecular weight is 277 g/mol. The van der Waals surface area contributed by atoms with E-state index in [-0.39, 0.29) is 5.54 Å². The van der Waals surface area contributed by atoms with Gasteiger partial charge in [-0.15, -0.1) is 0 Å². The van der Waals surface area contributed by atoms with Crippen LogP contribution in [0.25, 0.3) is 0 Å².